The maximum Gasteiger partial charge on any atom is 0.263 e. The van der Waals surface area contributed by atoms with Crippen molar-refractivity contribution in [1.82, 2.24) is 15.2 Å². The van der Waals surface area contributed by atoms with Crippen molar-refractivity contribution in [2.75, 3.05) is 32.4 Å². The van der Waals surface area contributed by atoms with Crippen LogP contribution in [0.5, 0.6) is 0 Å². The van der Waals surface area contributed by atoms with Gasteiger partial charge in [-0.1, -0.05) is 6.92 Å². The summed E-state index contributed by atoms with van der Waals surface area (Å²) in [6, 6.07) is 1.99. The van der Waals surface area contributed by atoms with Crippen LogP contribution in [0.4, 0.5) is 5.69 Å². The van der Waals surface area contributed by atoms with Crippen LogP contribution in [-0.4, -0.2) is 42.5 Å². The highest BCUT2D eigenvalue weighted by Gasteiger charge is 2.18. The van der Waals surface area contributed by atoms with Crippen LogP contribution in [-0.2, 0) is 0 Å². The summed E-state index contributed by atoms with van der Waals surface area (Å²) < 4.78 is 0. The minimum atomic E-state index is -0.114. The first-order chi connectivity index (χ1) is 9.93. The summed E-state index contributed by atoms with van der Waals surface area (Å²) in [6.45, 7) is 8.43. The van der Waals surface area contributed by atoms with E-state index in [1.54, 1.807) is 0 Å². The van der Waals surface area contributed by atoms with E-state index in [1.165, 1.54) is 11.3 Å². The van der Waals surface area contributed by atoms with E-state index in [9.17, 15) is 4.79 Å². The Hall–Kier alpha value is -1.66. The molecule has 0 atom stereocenters. The van der Waals surface area contributed by atoms with Crippen molar-refractivity contribution in [2.24, 2.45) is 0 Å². The van der Waals surface area contributed by atoms with Gasteiger partial charge in [0.25, 0.3) is 5.91 Å². The van der Waals surface area contributed by atoms with Gasteiger partial charge in [-0.05, 0) is 39.1 Å². The molecule has 3 N–H and O–H groups in total. The SMILES string of the molecule is CCN(C)CCNC(=O)c1sc2nc(C)cc(C)c2c1N. The molecule has 6 heteroatoms. The number of likely N-dealkylation sites (N-methyl/N-ethyl adjacent to an activating group) is 1. The summed E-state index contributed by atoms with van der Waals surface area (Å²) in [5, 5.41) is 3.83. The van der Waals surface area contributed by atoms with Crippen molar-refractivity contribution in [3.05, 3.63) is 22.2 Å². The molecule has 0 aliphatic heterocycles. The van der Waals surface area contributed by atoms with Crippen molar-refractivity contribution in [3.8, 4) is 0 Å². The van der Waals surface area contributed by atoms with Crippen LogP contribution < -0.4 is 11.1 Å². The standard InChI is InChI=1S/C15H22N4OS/c1-5-19(4)7-6-17-14(20)13-12(16)11-9(2)8-10(3)18-15(11)21-13/h8H,5-7,16H2,1-4H3,(H,17,20). The smallest absolute Gasteiger partial charge is 0.263 e. The van der Waals surface area contributed by atoms with Gasteiger partial charge in [0.1, 0.15) is 9.71 Å². The molecule has 0 spiro atoms. The van der Waals surface area contributed by atoms with E-state index >= 15 is 0 Å². The summed E-state index contributed by atoms with van der Waals surface area (Å²) in [5.41, 5.74) is 8.70. The molecule has 0 bridgehead atoms. The maximum atomic E-state index is 12.3. The van der Waals surface area contributed by atoms with Gasteiger partial charge in [-0.3, -0.25) is 4.79 Å². The average molecular weight is 306 g/mol. The summed E-state index contributed by atoms with van der Waals surface area (Å²) >= 11 is 1.36. The molecule has 0 aliphatic carbocycles. The molecule has 21 heavy (non-hydrogen) atoms. The predicted molar refractivity (Wildman–Crippen MR) is 89.0 cm³/mol. The molecule has 0 unspecified atom stereocenters. The molecular weight excluding hydrogens is 284 g/mol. The van der Waals surface area contributed by atoms with Crippen LogP contribution in [0.1, 0.15) is 27.9 Å². The molecule has 2 aromatic rings. The molecule has 0 radical (unpaired) electrons. The zero-order chi connectivity index (χ0) is 15.6. The Balaban J connectivity index is 2.20. The van der Waals surface area contributed by atoms with Gasteiger partial charge >= 0.3 is 0 Å². The number of rotatable bonds is 5. The van der Waals surface area contributed by atoms with Gasteiger partial charge in [-0.25, -0.2) is 4.98 Å². The second kappa shape index (κ2) is 6.41. The normalized spacial score (nSPS) is 11.3. The number of hydrogen-bond donors (Lipinski definition) is 2. The molecule has 2 aromatic heterocycles. The molecule has 2 rings (SSSR count). The van der Waals surface area contributed by atoms with E-state index < -0.39 is 0 Å². The predicted octanol–water partition coefficient (Wildman–Crippen LogP) is 2.18. The number of nitrogens with zero attached hydrogens (tertiary/aromatic N) is 2. The lowest BCUT2D eigenvalue weighted by Crippen LogP contribution is -2.32. The number of thiophene rings is 1. The quantitative estimate of drug-likeness (QED) is 0.888. The largest absolute Gasteiger partial charge is 0.397 e. The molecule has 114 valence electrons. The first-order valence-corrected chi connectivity index (χ1v) is 7.88. The molecule has 0 fully saturated rings. The number of nitrogens with one attached hydrogen (secondary N) is 1. The van der Waals surface area contributed by atoms with Crippen molar-refractivity contribution < 1.29 is 4.79 Å². The fourth-order valence-corrected chi connectivity index (χ4v) is 3.37. The summed E-state index contributed by atoms with van der Waals surface area (Å²) in [4.78, 5) is 20.3. The van der Waals surface area contributed by atoms with Crippen molar-refractivity contribution >= 4 is 33.1 Å². The fraction of sp³-hybridized carbons (Fsp3) is 0.467. The maximum absolute atomic E-state index is 12.3. The van der Waals surface area contributed by atoms with Gasteiger partial charge in [0.15, 0.2) is 0 Å². The lowest BCUT2D eigenvalue weighted by molar-refractivity contribution is 0.0955. The third-order valence-electron chi connectivity index (χ3n) is 3.55. The van der Waals surface area contributed by atoms with Crippen LogP contribution in [0.25, 0.3) is 10.2 Å². The number of aromatic nitrogens is 1. The highest BCUT2D eigenvalue weighted by Crippen LogP contribution is 2.34. The molecule has 5 nitrogen and oxygen atoms in total. The number of carbonyl (C=O) groups excluding carboxylic acids is 1. The molecule has 0 saturated heterocycles. The van der Waals surface area contributed by atoms with Gasteiger partial charge in [0.05, 0.1) is 5.69 Å². The number of fused-ring (bicyclic) bond motifs is 1. The number of hydrogen-bond acceptors (Lipinski definition) is 5. The number of aryl methyl sites for hydroxylation is 2. The minimum Gasteiger partial charge on any atom is -0.397 e. The van der Waals surface area contributed by atoms with Crippen LogP contribution in [0.3, 0.4) is 0 Å². The van der Waals surface area contributed by atoms with Gasteiger partial charge in [0, 0.05) is 24.2 Å². The van der Waals surface area contributed by atoms with Gasteiger partial charge in [0.2, 0.25) is 0 Å². The lowest BCUT2D eigenvalue weighted by Gasteiger charge is -2.13. The van der Waals surface area contributed by atoms with E-state index in [4.69, 9.17) is 5.73 Å². The Kier molecular flexibility index (Phi) is 4.80. The van der Waals surface area contributed by atoms with Crippen molar-refractivity contribution in [2.45, 2.75) is 20.8 Å². The topological polar surface area (TPSA) is 71.2 Å². The third kappa shape index (κ3) is 3.33. The van der Waals surface area contributed by atoms with Crippen LogP contribution in [0, 0.1) is 13.8 Å². The van der Waals surface area contributed by atoms with Gasteiger partial charge in [-0.15, -0.1) is 11.3 Å². The number of amides is 1. The van der Waals surface area contributed by atoms with Crippen LogP contribution in [0.2, 0.25) is 0 Å². The number of anilines is 1. The highest BCUT2D eigenvalue weighted by molar-refractivity contribution is 7.21. The highest BCUT2D eigenvalue weighted by atomic mass is 32.1. The zero-order valence-corrected chi connectivity index (χ0v) is 13.8. The molecule has 0 aliphatic rings. The second-order valence-corrected chi connectivity index (χ2v) is 6.26. The first-order valence-electron chi connectivity index (χ1n) is 7.07. The third-order valence-corrected chi connectivity index (χ3v) is 4.65. The van der Waals surface area contributed by atoms with Crippen molar-refractivity contribution in [1.29, 1.82) is 0 Å². The second-order valence-electron chi connectivity index (χ2n) is 5.26. The Morgan fingerprint density at radius 3 is 2.86 bits per heavy atom. The van der Waals surface area contributed by atoms with E-state index in [0.29, 0.717) is 17.1 Å². The van der Waals surface area contributed by atoms with E-state index in [1.807, 2.05) is 27.0 Å². The monoisotopic (exact) mass is 306 g/mol. The zero-order valence-electron chi connectivity index (χ0n) is 13.0. The van der Waals surface area contributed by atoms with Gasteiger partial charge < -0.3 is 16.0 Å². The Morgan fingerprint density at radius 1 is 1.48 bits per heavy atom. The Bertz CT molecular complexity index is 665. The molecule has 2 heterocycles. The number of nitrogens with two attached hydrogens (primary N) is 1. The molecule has 0 aromatic carbocycles. The lowest BCUT2D eigenvalue weighted by atomic mass is 10.1. The summed E-state index contributed by atoms with van der Waals surface area (Å²) in [7, 11) is 2.02. The Labute approximate surface area is 129 Å². The number of carbonyl (C=O) groups is 1. The fourth-order valence-electron chi connectivity index (χ4n) is 2.24. The molecule has 1 amide bonds. The number of pyridine rings is 1. The van der Waals surface area contributed by atoms with Crippen LogP contribution >= 0.6 is 11.3 Å². The number of nitrogen functional groups attached to an aromatic ring is 1. The Morgan fingerprint density at radius 2 is 2.19 bits per heavy atom. The van der Waals surface area contributed by atoms with Crippen LogP contribution in [0.15, 0.2) is 6.07 Å². The summed E-state index contributed by atoms with van der Waals surface area (Å²) in [6.07, 6.45) is 0. The van der Waals surface area contributed by atoms with Crippen molar-refractivity contribution in [3.63, 3.8) is 0 Å². The summed E-state index contributed by atoms with van der Waals surface area (Å²) in [5.74, 6) is -0.114. The average Bonchev–Trinajstić information content (AvgIpc) is 2.75. The van der Waals surface area contributed by atoms with E-state index in [-0.39, 0.29) is 5.91 Å². The van der Waals surface area contributed by atoms with E-state index in [0.717, 1.165) is 34.6 Å². The van der Waals surface area contributed by atoms with E-state index in [2.05, 4.69) is 22.1 Å². The minimum absolute atomic E-state index is 0.114. The molecule has 0 saturated carbocycles. The van der Waals surface area contributed by atoms with Gasteiger partial charge in [-0.2, -0.15) is 0 Å². The molecular formula is C15H22N4OS. The first kappa shape index (κ1) is 15.7.